The molecule has 0 radical (unpaired) electrons. The molecule has 0 saturated carbocycles. The van der Waals surface area contributed by atoms with Crippen molar-refractivity contribution in [2.75, 3.05) is 19.8 Å². The van der Waals surface area contributed by atoms with E-state index in [9.17, 15) is 18.0 Å². The fourth-order valence-corrected chi connectivity index (χ4v) is 7.89. The minimum absolute atomic E-state index is 0.00828. The Morgan fingerprint density at radius 3 is 2.02 bits per heavy atom. The molecular weight excluding hydrogens is 629 g/mol. The van der Waals surface area contributed by atoms with Crippen LogP contribution >= 0.6 is 0 Å². The Bertz CT molecular complexity index is 1400. The van der Waals surface area contributed by atoms with Crippen LogP contribution < -0.4 is 5.73 Å². The number of ether oxygens (including phenoxy) is 3. The van der Waals surface area contributed by atoms with Crippen molar-refractivity contribution in [1.29, 1.82) is 0 Å². The van der Waals surface area contributed by atoms with Crippen LogP contribution in [0.3, 0.4) is 0 Å². The molecule has 1 aromatic heterocycles. The van der Waals surface area contributed by atoms with Gasteiger partial charge in [0.15, 0.2) is 34.2 Å². The Morgan fingerprint density at radius 1 is 1.00 bits per heavy atom. The summed E-state index contributed by atoms with van der Waals surface area (Å²) in [5, 5.41) is 8.38. The smallest absolute Gasteiger partial charge is 0.361 e. The van der Waals surface area contributed by atoms with Crippen molar-refractivity contribution < 1.29 is 45.3 Å². The molecule has 44 heavy (non-hydrogen) atoms. The zero-order valence-corrected chi connectivity index (χ0v) is 30.7. The van der Waals surface area contributed by atoms with E-state index in [-0.39, 0.29) is 41.3 Å². The first kappa shape index (κ1) is 36.3. The largest absolute Gasteiger partial charge is 0.461 e. The fourth-order valence-electron chi connectivity index (χ4n) is 4.39. The summed E-state index contributed by atoms with van der Waals surface area (Å²) < 4.78 is 63.2. The van der Waals surface area contributed by atoms with Gasteiger partial charge in [-0.3, -0.25) is 0 Å². The number of esters is 2. The predicted molar refractivity (Wildman–Crippen MR) is 166 cm³/mol. The summed E-state index contributed by atoms with van der Waals surface area (Å²) in [7, 11) is -9.43. The molecule has 0 aromatic carbocycles. The molecule has 1 spiro atoms. The zero-order valence-electron chi connectivity index (χ0n) is 27.8. The monoisotopic (exact) mass is 676 g/mol. The molecule has 250 valence electrons. The third-order valence-electron chi connectivity index (χ3n) is 8.94. The Balaban J connectivity index is 2.30. The highest BCUT2D eigenvalue weighted by atomic mass is 32.2. The lowest BCUT2D eigenvalue weighted by atomic mass is 9.89. The van der Waals surface area contributed by atoms with E-state index < -0.39 is 68.4 Å². The van der Waals surface area contributed by atoms with Crippen LogP contribution in [0.25, 0.3) is 0 Å². The molecule has 14 nitrogen and oxygen atoms in total. The van der Waals surface area contributed by atoms with E-state index in [2.05, 4.69) is 31.1 Å². The molecule has 0 amide bonds. The predicted octanol–water partition coefficient (Wildman–Crippen LogP) is 3.84. The van der Waals surface area contributed by atoms with Gasteiger partial charge in [-0.05, 0) is 50.1 Å². The quantitative estimate of drug-likeness (QED) is 0.215. The molecular formula is C27H48N4O10SSi2. The van der Waals surface area contributed by atoms with Crippen LogP contribution in [-0.2, 0) is 37.4 Å². The molecule has 3 heterocycles. The maximum atomic E-state index is 13.3. The number of carbonyl (C=O) groups is 2. The van der Waals surface area contributed by atoms with Gasteiger partial charge >= 0.3 is 11.9 Å². The maximum Gasteiger partial charge on any atom is 0.361 e. The lowest BCUT2D eigenvalue weighted by Gasteiger charge is -2.43. The number of nitrogens with zero attached hydrogens (tertiary/aromatic N) is 3. The van der Waals surface area contributed by atoms with Crippen molar-refractivity contribution in [2.45, 2.75) is 116 Å². The summed E-state index contributed by atoms with van der Waals surface area (Å²) in [5.41, 5.74) is 3.76. The molecule has 2 aliphatic heterocycles. The lowest BCUT2D eigenvalue weighted by molar-refractivity contribution is -0.0607. The van der Waals surface area contributed by atoms with Gasteiger partial charge in [-0.15, -0.1) is 5.10 Å². The van der Waals surface area contributed by atoms with Crippen LogP contribution in [0.2, 0.25) is 36.3 Å². The number of carbonyl (C=O) groups excluding carboxylic acids is 2. The Kier molecular flexibility index (Phi) is 10.1. The molecule has 1 fully saturated rings. The van der Waals surface area contributed by atoms with Gasteiger partial charge in [0.2, 0.25) is 5.69 Å². The number of rotatable bonds is 10. The van der Waals surface area contributed by atoms with Gasteiger partial charge in [0.05, 0.1) is 30.9 Å². The van der Waals surface area contributed by atoms with Crippen molar-refractivity contribution >= 4 is 38.7 Å². The molecule has 1 aromatic rings. The van der Waals surface area contributed by atoms with Crippen LogP contribution in [0, 0.1) is 0 Å². The van der Waals surface area contributed by atoms with E-state index in [1.807, 2.05) is 47.0 Å². The maximum absolute atomic E-state index is 13.3. The van der Waals surface area contributed by atoms with E-state index in [1.165, 1.54) is 0 Å². The summed E-state index contributed by atoms with van der Waals surface area (Å²) in [6.45, 7) is 23.4. The van der Waals surface area contributed by atoms with Crippen molar-refractivity contribution in [2.24, 2.45) is 5.73 Å². The molecule has 3 rings (SSSR count). The average molecular weight is 677 g/mol. The molecule has 0 unspecified atom stereocenters. The number of hydrogen-bond donors (Lipinski definition) is 1. The summed E-state index contributed by atoms with van der Waals surface area (Å²) >= 11 is 0. The SMILES string of the molecule is CCOC(=O)c1nnn([C@@H]2O[C@H](CO[Si](C)(C)C(C)(C)C)[C@@]3(OS(=O)(=O)C=C3N)[C@H]2O[Si](C)(C)C(C)(C)C)c1C(=O)OCC. The highest BCUT2D eigenvalue weighted by molar-refractivity contribution is 7.90. The van der Waals surface area contributed by atoms with E-state index in [0.29, 0.717) is 0 Å². The zero-order chi connectivity index (χ0) is 33.7. The standard InChI is InChI=1S/C27H48N4O10SSi2/c1-13-36-23(32)19-20(24(33)37-14-2)31(30-29-19)22-21(40-44(11,12)26(6,7)8)27(17(28)16-42(34,35)41-27)18(39-22)15-38-43(9,10)25(3,4)5/h16,18,21-22H,13-15,28H2,1-12H3/t18-,21+,22-,27-/m1/s1. The summed E-state index contributed by atoms with van der Waals surface area (Å²) in [4.78, 5) is 26.1. The van der Waals surface area contributed by atoms with E-state index in [4.69, 9.17) is 33.0 Å². The number of nitrogens with two attached hydrogens (primary N) is 1. The van der Waals surface area contributed by atoms with Crippen LogP contribution in [0.4, 0.5) is 0 Å². The topological polar surface area (TPSA) is 180 Å². The second-order valence-corrected chi connectivity index (χ2v) is 25.0. The van der Waals surface area contributed by atoms with Crippen molar-refractivity contribution in [3.8, 4) is 0 Å². The van der Waals surface area contributed by atoms with Gasteiger partial charge in [-0.2, -0.15) is 8.42 Å². The third kappa shape index (κ3) is 6.68. The Morgan fingerprint density at radius 2 is 1.55 bits per heavy atom. The van der Waals surface area contributed by atoms with Gasteiger partial charge in [-0.1, -0.05) is 46.8 Å². The van der Waals surface area contributed by atoms with Gasteiger partial charge in [0.1, 0.15) is 12.2 Å². The first-order chi connectivity index (χ1) is 20.0. The van der Waals surface area contributed by atoms with Crippen molar-refractivity contribution in [1.82, 2.24) is 15.0 Å². The molecule has 17 heteroatoms. The molecule has 1 saturated heterocycles. The van der Waals surface area contributed by atoms with Gasteiger partial charge in [0, 0.05) is 0 Å². The van der Waals surface area contributed by atoms with Crippen LogP contribution in [-0.4, -0.2) is 89.6 Å². The highest BCUT2D eigenvalue weighted by Gasteiger charge is 2.68. The minimum atomic E-state index is -4.27. The van der Waals surface area contributed by atoms with Crippen LogP contribution in [0.15, 0.2) is 11.1 Å². The van der Waals surface area contributed by atoms with Gasteiger partial charge < -0.3 is 28.8 Å². The molecule has 2 N–H and O–H groups in total. The Labute approximate surface area is 262 Å². The van der Waals surface area contributed by atoms with E-state index in [1.54, 1.807) is 13.8 Å². The average Bonchev–Trinajstić information content (AvgIpc) is 3.49. The lowest BCUT2D eigenvalue weighted by Crippen LogP contribution is -2.59. The normalized spacial score (nSPS) is 25.7. The van der Waals surface area contributed by atoms with Gasteiger partial charge in [0.25, 0.3) is 10.1 Å². The van der Waals surface area contributed by atoms with Crippen molar-refractivity contribution in [3.05, 3.63) is 22.5 Å². The molecule has 4 atom stereocenters. The van der Waals surface area contributed by atoms with Crippen molar-refractivity contribution in [3.63, 3.8) is 0 Å². The van der Waals surface area contributed by atoms with Crippen LogP contribution in [0.5, 0.6) is 0 Å². The molecule has 0 bridgehead atoms. The number of aromatic nitrogens is 3. The Hall–Kier alpha value is -2.16. The first-order valence-electron chi connectivity index (χ1n) is 14.7. The second kappa shape index (κ2) is 12.2. The highest BCUT2D eigenvalue weighted by Crippen LogP contribution is 2.52. The fraction of sp³-hybridized carbons (Fsp3) is 0.778. The summed E-state index contributed by atoms with van der Waals surface area (Å²) in [5.74, 6) is -1.80. The van der Waals surface area contributed by atoms with Gasteiger partial charge in [-0.25, -0.2) is 18.5 Å². The first-order valence-corrected chi connectivity index (χ1v) is 21.9. The molecule has 2 aliphatic rings. The van der Waals surface area contributed by atoms with E-state index in [0.717, 1.165) is 10.1 Å². The summed E-state index contributed by atoms with van der Waals surface area (Å²) in [6, 6.07) is 0. The number of hydrogen-bond acceptors (Lipinski definition) is 13. The summed E-state index contributed by atoms with van der Waals surface area (Å²) in [6.07, 6.45) is -3.74. The molecule has 0 aliphatic carbocycles. The van der Waals surface area contributed by atoms with E-state index >= 15 is 0 Å². The second-order valence-electron chi connectivity index (χ2n) is 14.0. The third-order valence-corrected chi connectivity index (χ3v) is 18.9. The minimum Gasteiger partial charge on any atom is -0.461 e. The van der Waals surface area contributed by atoms with Crippen LogP contribution in [0.1, 0.15) is 82.6 Å².